The van der Waals surface area contributed by atoms with Gasteiger partial charge in [-0.25, -0.2) is 0 Å². The molecule has 1 aliphatic carbocycles. The summed E-state index contributed by atoms with van der Waals surface area (Å²) in [5, 5.41) is 13.0. The maximum absolute atomic E-state index is 12.2. The van der Waals surface area contributed by atoms with Gasteiger partial charge in [0, 0.05) is 37.0 Å². The number of ketones is 1. The number of aliphatic hydroxyl groups is 1. The minimum absolute atomic E-state index is 0.0513. The van der Waals surface area contributed by atoms with Crippen molar-refractivity contribution in [2.45, 2.75) is 31.1 Å². The van der Waals surface area contributed by atoms with E-state index >= 15 is 0 Å². The summed E-state index contributed by atoms with van der Waals surface area (Å²) >= 11 is 0. The normalized spacial score (nSPS) is 27.1. The first kappa shape index (κ1) is 15.6. The molecule has 1 aromatic rings. The van der Waals surface area contributed by atoms with Gasteiger partial charge in [0.1, 0.15) is 0 Å². The van der Waals surface area contributed by atoms with Gasteiger partial charge in [-0.2, -0.15) is 0 Å². The van der Waals surface area contributed by atoms with Crippen molar-refractivity contribution in [3.63, 3.8) is 0 Å². The first-order chi connectivity index (χ1) is 10.7. The van der Waals surface area contributed by atoms with Crippen LogP contribution in [-0.4, -0.2) is 49.1 Å². The molecule has 0 radical (unpaired) electrons. The molecule has 5 nitrogen and oxygen atoms in total. The Labute approximate surface area is 130 Å². The molecule has 1 aromatic carbocycles. The number of nitrogens with one attached hydrogen (secondary N) is 1. The Bertz CT molecular complexity index is 499. The Morgan fingerprint density at radius 3 is 2.68 bits per heavy atom. The Morgan fingerprint density at radius 1 is 1.27 bits per heavy atom. The van der Waals surface area contributed by atoms with E-state index in [1.165, 1.54) is 0 Å². The van der Waals surface area contributed by atoms with Crippen LogP contribution in [0.5, 0.6) is 0 Å². The van der Waals surface area contributed by atoms with Crippen molar-refractivity contribution in [1.29, 1.82) is 0 Å². The van der Waals surface area contributed by atoms with Crippen molar-refractivity contribution in [3.8, 4) is 0 Å². The third-order valence-electron chi connectivity index (χ3n) is 4.65. The van der Waals surface area contributed by atoms with Gasteiger partial charge in [0.05, 0.1) is 19.8 Å². The van der Waals surface area contributed by atoms with E-state index in [0.29, 0.717) is 31.7 Å². The number of aliphatic hydroxyl groups excluding tert-OH is 1. The van der Waals surface area contributed by atoms with Crippen molar-refractivity contribution in [3.05, 3.63) is 35.9 Å². The SMILES string of the molecule is O=C(CN[C@H]1CCC2(C[C@H]1CO)OCCO2)c1ccccc1. The molecule has 1 saturated carbocycles. The fraction of sp³-hybridized carbons (Fsp3) is 0.588. The van der Waals surface area contributed by atoms with Gasteiger partial charge in [-0.15, -0.1) is 0 Å². The van der Waals surface area contributed by atoms with E-state index in [1.54, 1.807) is 0 Å². The summed E-state index contributed by atoms with van der Waals surface area (Å²) in [6, 6.07) is 9.39. The lowest BCUT2D eigenvalue weighted by Crippen LogP contribution is -2.50. The molecule has 1 spiro atoms. The lowest BCUT2D eigenvalue weighted by atomic mass is 9.81. The fourth-order valence-corrected chi connectivity index (χ4v) is 3.42. The smallest absolute Gasteiger partial charge is 0.176 e. The molecule has 120 valence electrons. The summed E-state index contributed by atoms with van der Waals surface area (Å²) in [7, 11) is 0. The molecule has 22 heavy (non-hydrogen) atoms. The van der Waals surface area contributed by atoms with Crippen molar-refractivity contribution >= 4 is 5.78 Å². The minimum Gasteiger partial charge on any atom is -0.396 e. The Balaban J connectivity index is 1.55. The molecule has 0 aromatic heterocycles. The van der Waals surface area contributed by atoms with Gasteiger partial charge in [-0.3, -0.25) is 4.79 Å². The summed E-state index contributed by atoms with van der Waals surface area (Å²) in [5.41, 5.74) is 0.713. The molecule has 5 heteroatoms. The van der Waals surface area contributed by atoms with Gasteiger partial charge in [0.2, 0.25) is 0 Å². The van der Waals surface area contributed by atoms with Crippen LogP contribution in [0.15, 0.2) is 30.3 Å². The highest BCUT2D eigenvalue weighted by Gasteiger charge is 2.44. The summed E-state index contributed by atoms with van der Waals surface area (Å²) < 4.78 is 11.5. The van der Waals surface area contributed by atoms with Crippen LogP contribution < -0.4 is 5.32 Å². The summed E-state index contributed by atoms with van der Waals surface area (Å²) in [6.07, 6.45) is 2.33. The number of hydrogen-bond donors (Lipinski definition) is 2. The second-order valence-electron chi connectivity index (χ2n) is 6.07. The van der Waals surface area contributed by atoms with E-state index in [2.05, 4.69) is 5.32 Å². The molecule has 1 aliphatic heterocycles. The van der Waals surface area contributed by atoms with Crippen molar-refractivity contribution in [2.75, 3.05) is 26.4 Å². The second-order valence-corrected chi connectivity index (χ2v) is 6.07. The lowest BCUT2D eigenvalue weighted by molar-refractivity contribution is -0.193. The maximum atomic E-state index is 12.2. The maximum Gasteiger partial charge on any atom is 0.176 e. The number of rotatable bonds is 5. The molecule has 0 amide bonds. The van der Waals surface area contributed by atoms with Crippen molar-refractivity contribution in [2.24, 2.45) is 5.92 Å². The van der Waals surface area contributed by atoms with Crippen LogP contribution in [0.2, 0.25) is 0 Å². The standard InChI is InChI=1S/C17H23NO4/c19-12-14-10-17(21-8-9-22-17)7-6-15(14)18-11-16(20)13-4-2-1-3-5-13/h1-5,14-15,18-19H,6-12H2/t14-,15-/m0/s1. The predicted octanol–water partition coefficient (Wildman–Crippen LogP) is 1.36. The van der Waals surface area contributed by atoms with E-state index in [0.717, 1.165) is 12.8 Å². The monoisotopic (exact) mass is 305 g/mol. The molecule has 2 atom stereocenters. The number of carbonyl (C=O) groups excluding carboxylic acids is 1. The van der Waals surface area contributed by atoms with Crippen LogP contribution in [0.4, 0.5) is 0 Å². The van der Waals surface area contributed by atoms with Gasteiger partial charge in [-0.05, 0) is 6.42 Å². The van der Waals surface area contributed by atoms with Crippen molar-refractivity contribution in [1.82, 2.24) is 5.32 Å². The van der Waals surface area contributed by atoms with Gasteiger partial charge in [0.15, 0.2) is 11.6 Å². The van der Waals surface area contributed by atoms with Gasteiger partial charge in [0.25, 0.3) is 0 Å². The molecule has 0 bridgehead atoms. The zero-order valence-corrected chi connectivity index (χ0v) is 12.7. The van der Waals surface area contributed by atoms with Crippen molar-refractivity contribution < 1.29 is 19.4 Å². The molecule has 1 heterocycles. The number of carbonyl (C=O) groups is 1. The average Bonchev–Trinajstić information content (AvgIpc) is 3.02. The minimum atomic E-state index is -0.505. The highest BCUT2D eigenvalue weighted by molar-refractivity contribution is 5.97. The number of ether oxygens (including phenoxy) is 2. The zero-order chi connectivity index (χ0) is 15.4. The Morgan fingerprint density at radius 2 is 2.00 bits per heavy atom. The van der Waals surface area contributed by atoms with Crippen LogP contribution in [0.1, 0.15) is 29.6 Å². The first-order valence-electron chi connectivity index (χ1n) is 7.93. The molecule has 2 aliphatic rings. The number of Topliss-reactive ketones (excluding diaryl/α,β-unsaturated/α-hetero) is 1. The Hall–Kier alpha value is -1.27. The molecular formula is C17H23NO4. The predicted molar refractivity (Wildman–Crippen MR) is 81.6 cm³/mol. The number of benzene rings is 1. The molecule has 1 saturated heterocycles. The average molecular weight is 305 g/mol. The quantitative estimate of drug-likeness (QED) is 0.804. The summed E-state index contributed by atoms with van der Waals surface area (Å²) in [5.74, 6) is -0.379. The summed E-state index contributed by atoms with van der Waals surface area (Å²) in [6.45, 7) is 1.62. The van der Waals surface area contributed by atoms with Gasteiger partial charge >= 0.3 is 0 Å². The largest absolute Gasteiger partial charge is 0.396 e. The second kappa shape index (κ2) is 6.87. The van der Waals surface area contributed by atoms with Crippen LogP contribution in [-0.2, 0) is 9.47 Å². The fourth-order valence-electron chi connectivity index (χ4n) is 3.42. The van der Waals surface area contributed by atoms with E-state index in [1.807, 2.05) is 30.3 Å². The highest BCUT2D eigenvalue weighted by Crippen LogP contribution is 2.38. The third-order valence-corrected chi connectivity index (χ3v) is 4.65. The molecule has 3 rings (SSSR count). The van der Waals surface area contributed by atoms with Crippen LogP contribution in [0, 0.1) is 5.92 Å². The number of hydrogen-bond acceptors (Lipinski definition) is 5. The molecular weight excluding hydrogens is 282 g/mol. The first-order valence-corrected chi connectivity index (χ1v) is 7.93. The molecule has 2 N–H and O–H groups in total. The third kappa shape index (κ3) is 3.38. The van der Waals surface area contributed by atoms with Crippen LogP contribution >= 0.6 is 0 Å². The van der Waals surface area contributed by atoms with E-state index < -0.39 is 5.79 Å². The molecule has 0 unspecified atom stereocenters. The zero-order valence-electron chi connectivity index (χ0n) is 12.7. The topological polar surface area (TPSA) is 67.8 Å². The summed E-state index contributed by atoms with van der Waals surface area (Å²) in [4.78, 5) is 12.2. The van der Waals surface area contributed by atoms with Gasteiger partial charge in [-0.1, -0.05) is 30.3 Å². The van der Waals surface area contributed by atoms with E-state index in [9.17, 15) is 9.90 Å². The van der Waals surface area contributed by atoms with Crippen LogP contribution in [0.3, 0.4) is 0 Å². The molecule has 2 fully saturated rings. The van der Waals surface area contributed by atoms with Gasteiger partial charge < -0.3 is 19.9 Å². The van der Waals surface area contributed by atoms with Crippen LogP contribution in [0.25, 0.3) is 0 Å². The van der Waals surface area contributed by atoms with E-state index in [4.69, 9.17) is 9.47 Å². The Kier molecular flexibility index (Phi) is 4.88. The lowest BCUT2D eigenvalue weighted by Gasteiger charge is -2.40. The van der Waals surface area contributed by atoms with E-state index in [-0.39, 0.29) is 24.3 Å². The highest BCUT2D eigenvalue weighted by atomic mass is 16.7.